The molecule has 2 rings (SSSR count). The van der Waals surface area contributed by atoms with E-state index in [9.17, 15) is 26.7 Å². The number of ether oxygens (including phenoxy) is 1. The summed E-state index contributed by atoms with van der Waals surface area (Å²) in [5.41, 5.74) is -3.77. The van der Waals surface area contributed by atoms with Gasteiger partial charge in [-0.25, -0.2) is 8.78 Å². The molecule has 1 atom stereocenters. The molecule has 1 unspecified atom stereocenters. The fraction of sp³-hybridized carbons (Fsp3) is 0.400. The first-order valence-electron chi connectivity index (χ1n) is 6.54. The molecule has 0 spiro atoms. The molecule has 1 aliphatic rings. The lowest BCUT2D eigenvalue weighted by Crippen LogP contribution is -2.56. The summed E-state index contributed by atoms with van der Waals surface area (Å²) in [6, 6.07) is 0.211. The van der Waals surface area contributed by atoms with Crippen molar-refractivity contribution >= 4 is 5.91 Å². The lowest BCUT2D eigenvalue weighted by molar-refractivity contribution is -0.140. The maximum absolute atomic E-state index is 13.9. The molecule has 1 aliphatic heterocycles. The van der Waals surface area contributed by atoms with Crippen LogP contribution < -0.4 is 0 Å². The molecule has 3 nitrogen and oxygen atoms in total. The Bertz CT molecular complexity index is 680. The molecule has 23 heavy (non-hydrogen) atoms. The van der Waals surface area contributed by atoms with Gasteiger partial charge in [0, 0.05) is 6.54 Å². The van der Waals surface area contributed by atoms with Crippen LogP contribution in [0.2, 0.25) is 0 Å². The molecule has 0 bridgehead atoms. The van der Waals surface area contributed by atoms with Gasteiger partial charge in [0.2, 0.25) is 0 Å². The van der Waals surface area contributed by atoms with Gasteiger partial charge < -0.3 is 9.64 Å². The zero-order valence-electron chi connectivity index (χ0n) is 12.0. The fourth-order valence-corrected chi connectivity index (χ4v) is 2.27. The molecule has 1 aromatic rings. The van der Waals surface area contributed by atoms with E-state index in [0.29, 0.717) is 0 Å². The topological polar surface area (TPSA) is 29.5 Å². The molecule has 1 aromatic carbocycles. The van der Waals surface area contributed by atoms with Crippen LogP contribution in [0.1, 0.15) is 22.8 Å². The van der Waals surface area contributed by atoms with E-state index in [1.54, 1.807) is 0 Å². The summed E-state index contributed by atoms with van der Waals surface area (Å²) in [6.07, 6.45) is 0.296. The molecule has 0 aromatic heterocycles. The van der Waals surface area contributed by atoms with Gasteiger partial charge in [-0.15, -0.1) is 6.42 Å². The highest BCUT2D eigenvalue weighted by Gasteiger charge is 2.40. The number of alkyl halides is 3. The smallest absolute Gasteiger partial charge is 0.376 e. The van der Waals surface area contributed by atoms with Crippen LogP contribution in [0.5, 0.6) is 0 Å². The van der Waals surface area contributed by atoms with Gasteiger partial charge in [-0.05, 0) is 19.1 Å². The molecule has 0 radical (unpaired) electrons. The quantitative estimate of drug-likeness (QED) is 0.584. The van der Waals surface area contributed by atoms with Crippen molar-refractivity contribution in [3.05, 3.63) is 34.9 Å². The molecule has 0 saturated carbocycles. The number of carbonyl (C=O) groups excluding carboxylic acids is 1. The standard InChI is InChI=1S/C15H12F5NO2/c1-3-14(2)8-23-5-4-21(14)13(22)9-6-12(17)10(7-11(9)16)15(18,19)20/h1,6-7H,4-5,8H2,2H3. The van der Waals surface area contributed by atoms with Crippen LogP contribution in [0.4, 0.5) is 22.0 Å². The van der Waals surface area contributed by atoms with Crippen LogP contribution in [0.3, 0.4) is 0 Å². The maximum Gasteiger partial charge on any atom is 0.419 e. The molecule has 1 fully saturated rings. The van der Waals surface area contributed by atoms with E-state index in [1.165, 1.54) is 6.92 Å². The number of benzene rings is 1. The largest absolute Gasteiger partial charge is 0.419 e. The molecule has 1 heterocycles. The normalized spacial score (nSPS) is 21.9. The van der Waals surface area contributed by atoms with Crippen molar-refractivity contribution in [1.82, 2.24) is 4.90 Å². The Hall–Kier alpha value is -2.14. The van der Waals surface area contributed by atoms with Crippen LogP contribution in [0, 0.1) is 24.0 Å². The number of morpholine rings is 1. The van der Waals surface area contributed by atoms with Gasteiger partial charge in [0.05, 0.1) is 24.3 Å². The maximum atomic E-state index is 13.9. The summed E-state index contributed by atoms with van der Waals surface area (Å²) >= 11 is 0. The van der Waals surface area contributed by atoms with Crippen LogP contribution in [0.15, 0.2) is 12.1 Å². The van der Waals surface area contributed by atoms with Crippen LogP contribution in [0.25, 0.3) is 0 Å². The van der Waals surface area contributed by atoms with Crippen LogP contribution in [-0.4, -0.2) is 36.1 Å². The third-order valence-electron chi connectivity index (χ3n) is 3.59. The Morgan fingerprint density at radius 1 is 1.35 bits per heavy atom. The first-order chi connectivity index (χ1) is 10.6. The number of halogens is 5. The number of hydrogen-bond donors (Lipinski definition) is 0. The van der Waals surface area contributed by atoms with E-state index in [1.807, 2.05) is 0 Å². The summed E-state index contributed by atoms with van der Waals surface area (Å²) in [4.78, 5) is 13.5. The summed E-state index contributed by atoms with van der Waals surface area (Å²) in [7, 11) is 0. The van der Waals surface area contributed by atoms with Gasteiger partial charge in [0.25, 0.3) is 5.91 Å². The van der Waals surface area contributed by atoms with Gasteiger partial charge in [0.1, 0.15) is 17.2 Å². The van der Waals surface area contributed by atoms with E-state index >= 15 is 0 Å². The molecular formula is C15H12F5NO2. The first-order valence-corrected chi connectivity index (χ1v) is 6.54. The van der Waals surface area contributed by atoms with Crippen molar-refractivity contribution in [1.29, 1.82) is 0 Å². The highest BCUT2D eigenvalue weighted by Crippen LogP contribution is 2.33. The third-order valence-corrected chi connectivity index (χ3v) is 3.59. The number of carbonyl (C=O) groups is 1. The molecule has 1 amide bonds. The Morgan fingerprint density at radius 2 is 2.00 bits per heavy atom. The van der Waals surface area contributed by atoms with Crippen molar-refractivity contribution < 1.29 is 31.5 Å². The Balaban J connectivity index is 2.44. The third kappa shape index (κ3) is 3.15. The van der Waals surface area contributed by atoms with E-state index < -0.39 is 40.4 Å². The highest BCUT2D eigenvalue weighted by atomic mass is 19.4. The van der Waals surface area contributed by atoms with Crippen molar-refractivity contribution in [3.63, 3.8) is 0 Å². The molecule has 124 valence electrons. The first kappa shape index (κ1) is 17.2. The van der Waals surface area contributed by atoms with E-state index in [0.717, 1.165) is 4.90 Å². The van der Waals surface area contributed by atoms with Gasteiger partial charge in [-0.2, -0.15) is 13.2 Å². The van der Waals surface area contributed by atoms with Crippen molar-refractivity contribution in [3.8, 4) is 12.3 Å². The van der Waals surface area contributed by atoms with Crippen molar-refractivity contribution in [2.75, 3.05) is 19.8 Å². The lowest BCUT2D eigenvalue weighted by Gasteiger charge is -2.41. The average Bonchev–Trinajstić information content (AvgIpc) is 2.48. The predicted octanol–water partition coefficient (Wildman–Crippen LogP) is 2.85. The summed E-state index contributed by atoms with van der Waals surface area (Å²) in [5, 5.41) is 0. The van der Waals surface area contributed by atoms with Crippen LogP contribution in [-0.2, 0) is 10.9 Å². The Labute approximate surface area is 129 Å². The van der Waals surface area contributed by atoms with E-state index in [2.05, 4.69) is 5.92 Å². The molecule has 8 heteroatoms. The average molecular weight is 333 g/mol. The minimum atomic E-state index is -5.06. The zero-order chi connectivity index (χ0) is 17.4. The summed E-state index contributed by atoms with van der Waals surface area (Å²) < 4.78 is 70.3. The highest BCUT2D eigenvalue weighted by molar-refractivity contribution is 5.95. The number of nitrogens with zero attached hydrogens (tertiary/aromatic N) is 1. The minimum Gasteiger partial charge on any atom is -0.376 e. The van der Waals surface area contributed by atoms with Crippen molar-refractivity contribution in [2.45, 2.75) is 18.6 Å². The van der Waals surface area contributed by atoms with E-state index in [4.69, 9.17) is 11.2 Å². The summed E-state index contributed by atoms with van der Waals surface area (Å²) in [6.45, 7) is 1.62. The van der Waals surface area contributed by atoms with Crippen molar-refractivity contribution in [2.24, 2.45) is 0 Å². The van der Waals surface area contributed by atoms with E-state index in [-0.39, 0.29) is 31.9 Å². The molecular weight excluding hydrogens is 321 g/mol. The van der Waals surface area contributed by atoms with Gasteiger partial charge in [-0.1, -0.05) is 5.92 Å². The second kappa shape index (κ2) is 5.81. The summed E-state index contributed by atoms with van der Waals surface area (Å²) in [5.74, 6) is -1.84. The predicted molar refractivity (Wildman–Crippen MR) is 70.5 cm³/mol. The van der Waals surface area contributed by atoms with Crippen LogP contribution >= 0.6 is 0 Å². The Kier molecular flexibility index (Phi) is 4.35. The molecule has 0 aliphatic carbocycles. The minimum absolute atomic E-state index is 0.0139. The second-order valence-electron chi connectivity index (χ2n) is 5.24. The monoisotopic (exact) mass is 333 g/mol. The lowest BCUT2D eigenvalue weighted by atomic mass is 9.98. The number of amides is 1. The number of terminal acetylenes is 1. The molecule has 0 N–H and O–H groups in total. The number of hydrogen-bond acceptors (Lipinski definition) is 2. The van der Waals surface area contributed by atoms with Gasteiger partial charge >= 0.3 is 6.18 Å². The fourth-order valence-electron chi connectivity index (χ4n) is 2.27. The SMILES string of the molecule is C#CC1(C)COCCN1C(=O)c1cc(F)c(C(F)(F)F)cc1F. The number of rotatable bonds is 1. The second-order valence-corrected chi connectivity index (χ2v) is 5.24. The zero-order valence-corrected chi connectivity index (χ0v) is 12.0. The molecule has 1 saturated heterocycles. The van der Waals surface area contributed by atoms with Gasteiger partial charge in [-0.3, -0.25) is 4.79 Å². The van der Waals surface area contributed by atoms with Gasteiger partial charge in [0.15, 0.2) is 0 Å². The Morgan fingerprint density at radius 3 is 2.57 bits per heavy atom.